The SMILES string of the molecule is CCCOc1ccc(C(=O)N2CCN(Cc3cccc4cccnc34)CC2)cc1OCC. The molecule has 3 aromatic rings. The van der Waals surface area contributed by atoms with Gasteiger partial charge in [-0.2, -0.15) is 0 Å². The van der Waals surface area contributed by atoms with E-state index in [1.807, 2.05) is 42.3 Å². The minimum atomic E-state index is 0.0412. The molecule has 0 atom stereocenters. The van der Waals surface area contributed by atoms with Crippen LogP contribution in [0.1, 0.15) is 36.2 Å². The van der Waals surface area contributed by atoms with Crippen molar-refractivity contribution >= 4 is 16.8 Å². The van der Waals surface area contributed by atoms with E-state index in [2.05, 4.69) is 41.1 Å². The summed E-state index contributed by atoms with van der Waals surface area (Å²) in [5.74, 6) is 1.37. The summed E-state index contributed by atoms with van der Waals surface area (Å²) in [7, 11) is 0. The average Bonchev–Trinajstić information content (AvgIpc) is 2.84. The largest absolute Gasteiger partial charge is 0.490 e. The van der Waals surface area contributed by atoms with Gasteiger partial charge < -0.3 is 14.4 Å². The van der Waals surface area contributed by atoms with Crippen LogP contribution in [0.3, 0.4) is 0 Å². The number of piperazine rings is 1. The number of nitrogens with zero attached hydrogens (tertiary/aromatic N) is 3. The molecule has 2 aromatic carbocycles. The second-order valence-corrected chi connectivity index (χ2v) is 8.00. The molecule has 6 heteroatoms. The highest BCUT2D eigenvalue weighted by Crippen LogP contribution is 2.29. The molecule has 1 amide bonds. The maximum absolute atomic E-state index is 13.1. The van der Waals surface area contributed by atoms with Crippen molar-refractivity contribution in [1.82, 2.24) is 14.8 Å². The van der Waals surface area contributed by atoms with E-state index in [0.29, 0.717) is 43.4 Å². The summed E-state index contributed by atoms with van der Waals surface area (Å²) in [6, 6.07) is 15.9. The first-order chi connectivity index (χ1) is 15.7. The molecule has 0 N–H and O–H groups in total. The molecule has 0 unspecified atom stereocenters. The van der Waals surface area contributed by atoms with Gasteiger partial charge in [0.15, 0.2) is 11.5 Å². The monoisotopic (exact) mass is 433 g/mol. The molecule has 1 aliphatic rings. The van der Waals surface area contributed by atoms with Gasteiger partial charge in [-0.15, -0.1) is 0 Å². The summed E-state index contributed by atoms with van der Waals surface area (Å²) in [5, 5.41) is 1.16. The highest BCUT2D eigenvalue weighted by Gasteiger charge is 2.23. The standard InChI is InChI=1S/C26H31N3O3/c1-3-17-32-23-11-10-21(18-24(23)31-4-2)26(30)29-15-13-28(14-16-29)19-22-8-5-7-20-9-6-12-27-25(20)22/h5-12,18H,3-4,13-17,19H2,1-2H3. The molecule has 1 saturated heterocycles. The Morgan fingerprint density at radius 1 is 0.969 bits per heavy atom. The Morgan fingerprint density at radius 2 is 1.78 bits per heavy atom. The number of rotatable bonds is 8. The minimum absolute atomic E-state index is 0.0412. The van der Waals surface area contributed by atoms with Gasteiger partial charge in [0.1, 0.15) is 0 Å². The molecule has 32 heavy (non-hydrogen) atoms. The first kappa shape index (κ1) is 22.1. The molecule has 6 nitrogen and oxygen atoms in total. The fourth-order valence-corrected chi connectivity index (χ4v) is 4.07. The summed E-state index contributed by atoms with van der Waals surface area (Å²) in [6.07, 6.45) is 2.77. The number of benzene rings is 2. The second-order valence-electron chi connectivity index (χ2n) is 8.00. The van der Waals surface area contributed by atoms with Crippen LogP contribution in [0.4, 0.5) is 0 Å². The lowest BCUT2D eigenvalue weighted by molar-refractivity contribution is 0.0628. The molecule has 1 fully saturated rings. The molecule has 1 aromatic heterocycles. The van der Waals surface area contributed by atoms with Crippen LogP contribution < -0.4 is 9.47 Å². The van der Waals surface area contributed by atoms with Gasteiger partial charge in [-0.25, -0.2) is 0 Å². The van der Waals surface area contributed by atoms with Crippen LogP contribution in [0, 0.1) is 0 Å². The number of pyridine rings is 1. The molecular weight excluding hydrogens is 402 g/mol. The fourth-order valence-electron chi connectivity index (χ4n) is 4.07. The molecule has 4 rings (SSSR count). The van der Waals surface area contributed by atoms with Crippen molar-refractivity contribution < 1.29 is 14.3 Å². The Hall–Kier alpha value is -3.12. The molecular formula is C26H31N3O3. The highest BCUT2D eigenvalue weighted by molar-refractivity contribution is 5.95. The number of hydrogen-bond donors (Lipinski definition) is 0. The third-order valence-corrected chi connectivity index (χ3v) is 5.72. The second kappa shape index (κ2) is 10.5. The first-order valence-corrected chi connectivity index (χ1v) is 11.4. The lowest BCUT2D eigenvalue weighted by Gasteiger charge is -2.35. The number of carbonyl (C=O) groups is 1. The molecule has 0 aliphatic carbocycles. The van der Waals surface area contributed by atoms with Crippen molar-refractivity contribution in [2.24, 2.45) is 0 Å². The van der Waals surface area contributed by atoms with Crippen molar-refractivity contribution in [3.8, 4) is 11.5 Å². The zero-order valence-corrected chi connectivity index (χ0v) is 18.9. The molecule has 0 radical (unpaired) electrons. The Kier molecular flexibility index (Phi) is 7.22. The fraction of sp³-hybridized carbons (Fsp3) is 0.385. The van der Waals surface area contributed by atoms with E-state index in [4.69, 9.17) is 9.47 Å². The third-order valence-electron chi connectivity index (χ3n) is 5.72. The average molecular weight is 434 g/mol. The van der Waals surface area contributed by atoms with Crippen LogP contribution in [0.2, 0.25) is 0 Å². The third kappa shape index (κ3) is 5.02. The Morgan fingerprint density at radius 3 is 2.56 bits per heavy atom. The van der Waals surface area contributed by atoms with E-state index >= 15 is 0 Å². The topological polar surface area (TPSA) is 54.9 Å². The normalized spacial score (nSPS) is 14.5. The van der Waals surface area contributed by atoms with Gasteiger partial charge in [0, 0.05) is 49.9 Å². The van der Waals surface area contributed by atoms with Crippen LogP contribution in [0.15, 0.2) is 54.7 Å². The van der Waals surface area contributed by atoms with E-state index in [0.717, 1.165) is 37.0 Å². The van der Waals surface area contributed by atoms with Gasteiger partial charge in [-0.1, -0.05) is 31.2 Å². The van der Waals surface area contributed by atoms with Crippen LogP contribution in [-0.2, 0) is 6.54 Å². The molecule has 2 heterocycles. The van der Waals surface area contributed by atoms with Gasteiger partial charge in [0.05, 0.1) is 18.7 Å². The van der Waals surface area contributed by atoms with Crippen molar-refractivity contribution in [3.63, 3.8) is 0 Å². The lowest BCUT2D eigenvalue weighted by Crippen LogP contribution is -2.48. The van der Waals surface area contributed by atoms with E-state index in [1.165, 1.54) is 5.56 Å². The van der Waals surface area contributed by atoms with Crippen LogP contribution in [0.25, 0.3) is 10.9 Å². The lowest BCUT2D eigenvalue weighted by atomic mass is 10.1. The zero-order chi connectivity index (χ0) is 22.3. The maximum Gasteiger partial charge on any atom is 0.254 e. The number of fused-ring (bicyclic) bond motifs is 1. The molecule has 1 aliphatic heterocycles. The zero-order valence-electron chi connectivity index (χ0n) is 18.9. The van der Waals surface area contributed by atoms with Crippen molar-refractivity contribution in [1.29, 1.82) is 0 Å². The Balaban J connectivity index is 1.39. The Bertz CT molecular complexity index is 1060. The predicted molar refractivity (Wildman–Crippen MR) is 126 cm³/mol. The Labute approximate surface area is 189 Å². The maximum atomic E-state index is 13.1. The quantitative estimate of drug-likeness (QED) is 0.528. The van der Waals surface area contributed by atoms with Crippen molar-refractivity contribution in [2.75, 3.05) is 39.4 Å². The van der Waals surface area contributed by atoms with Crippen LogP contribution in [0.5, 0.6) is 11.5 Å². The highest BCUT2D eigenvalue weighted by atomic mass is 16.5. The van der Waals surface area contributed by atoms with Gasteiger partial charge in [-0.3, -0.25) is 14.7 Å². The molecule has 168 valence electrons. The van der Waals surface area contributed by atoms with Gasteiger partial charge in [0.25, 0.3) is 5.91 Å². The molecule has 0 bridgehead atoms. The number of carbonyl (C=O) groups excluding carboxylic acids is 1. The first-order valence-electron chi connectivity index (χ1n) is 11.4. The number of aromatic nitrogens is 1. The predicted octanol–water partition coefficient (Wildman–Crippen LogP) is 4.38. The van der Waals surface area contributed by atoms with Crippen molar-refractivity contribution in [2.45, 2.75) is 26.8 Å². The summed E-state index contributed by atoms with van der Waals surface area (Å²) < 4.78 is 11.5. The van der Waals surface area contributed by atoms with E-state index < -0.39 is 0 Å². The van der Waals surface area contributed by atoms with E-state index in [-0.39, 0.29) is 5.91 Å². The molecule has 0 saturated carbocycles. The number of para-hydroxylation sites is 1. The summed E-state index contributed by atoms with van der Waals surface area (Å²) >= 11 is 0. The van der Waals surface area contributed by atoms with Gasteiger partial charge in [-0.05, 0) is 43.2 Å². The van der Waals surface area contributed by atoms with Crippen LogP contribution in [-0.4, -0.2) is 60.1 Å². The number of amides is 1. The molecule has 0 spiro atoms. The summed E-state index contributed by atoms with van der Waals surface area (Å²) in [4.78, 5) is 22.0. The van der Waals surface area contributed by atoms with Crippen molar-refractivity contribution in [3.05, 3.63) is 65.9 Å². The van der Waals surface area contributed by atoms with Gasteiger partial charge in [0.2, 0.25) is 0 Å². The number of hydrogen-bond acceptors (Lipinski definition) is 5. The minimum Gasteiger partial charge on any atom is -0.490 e. The smallest absolute Gasteiger partial charge is 0.254 e. The van der Waals surface area contributed by atoms with Gasteiger partial charge >= 0.3 is 0 Å². The summed E-state index contributed by atoms with van der Waals surface area (Å²) in [5.41, 5.74) is 2.93. The van der Waals surface area contributed by atoms with E-state index in [9.17, 15) is 4.79 Å². The number of ether oxygens (including phenoxy) is 2. The van der Waals surface area contributed by atoms with E-state index in [1.54, 1.807) is 0 Å². The summed E-state index contributed by atoms with van der Waals surface area (Å²) in [6.45, 7) is 9.08. The van der Waals surface area contributed by atoms with Crippen LogP contribution >= 0.6 is 0 Å².